The average molecular weight is 263 g/mol. The van der Waals surface area contributed by atoms with E-state index in [9.17, 15) is 9.90 Å². The van der Waals surface area contributed by atoms with E-state index in [4.69, 9.17) is 9.47 Å². The average Bonchev–Trinajstić information content (AvgIpc) is 2.92. The van der Waals surface area contributed by atoms with E-state index in [0.717, 1.165) is 0 Å². The van der Waals surface area contributed by atoms with Crippen molar-refractivity contribution in [2.45, 2.75) is 19.9 Å². The van der Waals surface area contributed by atoms with Crippen LogP contribution in [0.25, 0.3) is 11.0 Å². The number of carboxylic acid groups (broad SMARTS) is 1. The molecule has 0 amide bonds. The van der Waals surface area contributed by atoms with Crippen LogP contribution >= 0.6 is 0 Å². The second-order valence-corrected chi connectivity index (χ2v) is 4.76. The first-order valence-corrected chi connectivity index (χ1v) is 5.95. The van der Waals surface area contributed by atoms with Gasteiger partial charge in [-0.2, -0.15) is 0 Å². The predicted molar refractivity (Wildman–Crippen MR) is 65.2 cm³/mol. The zero-order valence-corrected chi connectivity index (χ0v) is 10.5. The maximum atomic E-state index is 11.4. The van der Waals surface area contributed by atoms with E-state index in [2.05, 4.69) is 10.3 Å². The summed E-state index contributed by atoms with van der Waals surface area (Å²) in [5.41, 5.74) is 1.22. The Balaban J connectivity index is 2.16. The third kappa shape index (κ3) is 1.78. The van der Waals surface area contributed by atoms with Gasteiger partial charge < -0.3 is 14.6 Å². The molecule has 7 nitrogen and oxygen atoms in total. The first kappa shape index (κ1) is 11.8. The molecule has 3 rings (SSSR count). The summed E-state index contributed by atoms with van der Waals surface area (Å²) in [7, 11) is 0. The van der Waals surface area contributed by atoms with Gasteiger partial charge in [-0.05, 0) is 5.92 Å². The third-order valence-corrected chi connectivity index (χ3v) is 3.11. The minimum Gasteiger partial charge on any atom is -0.480 e. The number of nitrogens with zero attached hydrogens (tertiary/aromatic N) is 3. The summed E-state index contributed by atoms with van der Waals surface area (Å²) in [6, 6.07) is 2.67. The molecule has 1 N–H and O–H groups in total. The summed E-state index contributed by atoms with van der Waals surface area (Å²) >= 11 is 0. The van der Waals surface area contributed by atoms with Gasteiger partial charge in [0.2, 0.25) is 6.79 Å². The highest BCUT2D eigenvalue weighted by atomic mass is 16.7. The molecule has 0 saturated carbocycles. The number of ether oxygens (including phenoxy) is 2. The molecule has 1 atom stereocenters. The van der Waals surface area contributed by atoms with Crippen molar-refractivity contribution in [3.05, 3.63) is 12.1 Å². The molecule has 19 heavy (non-hydrogen) atoms. The van der Waals surface area contributed by atoms with E-state index >= 15 is 0 Å². The van der Waals surface area contributed by atoms with Crippen LogP contribution in [0.3, 0.4) is 0 Å². The summed E-state index contributed by atoms with van der Waals surface area (Å²) in [5.74, 6) is 0.159. The van der Waals surface area contributed by atoms with Crippen LogP contribution in [-0.4, -0.2) is 32.9 Å². The fourth-order valence-electron chi connectivity index (χ4n) is 2.21. The normalized spacial score (nSPS) is 15.1. The Morgan fingerprint density at radius 3 is 2.68 bits per heavy atom. The molecule has 2 heterocycles. The molecular formula is C12H13N3O4. The summed E-state index contributed by atoms with van der Waals surface area (Å²) in [6.07, 6.45) is 0. The molecule has 0 radical (unpaired) electrons. The highest BCUT2D eigenvalue weighted by molar-refractivity contribution is 5.82. The molecule has 7 heteroatoms. The number of rotatable bonds is 3. The van der Waals surface area contributed by atoms with E-state index in [-0.39, 0.29) is 12.7 Å². The lowest BCUT2D eigenvalue weighted by Crippen LogP contribution is -2.25. The second kappa shape index (κ2) is 4.11. The molecule has 2 aromatic rings. The van der Waals surface area contributed by atoms with Crippen LogP contribution in [-0.2, 0) is 4.79 Å². The predicted octanol–water partition coefficient (Wildman–Crippen LogP) is 1.44. The highest BCUT2D eigenvalue weighted by Gasteiger charge is 2.27. The smallest absolute Gasteiger partial charge is 0.328 e. The van der Waals surface area contributed by atoms with Crippen LogP contribution in [0.4, 0.5) is 0 Å². The summed E-state index contributed by atoms with van der Waals surface area (Å²) in [6.45, 7) is 3.83. The van der Waals surface area contributed by atoms with Crippen molar-refractivity contribution in [1.82, 2.24) is 15.0 Å². The van der Waals surface area contributed by atoms with Gasteiger partial charge in [-0.25, -0.2) is 9.48 Å². The number of benzene rings is 1. The Bertz CT molecular complexity index is 650. The van der Waals surface area contributed by atoms with Crippen molar-refractivity contribution in [2.75, 3.05) is 6.79 Å². The summed E-state index contributed by atoms with van der Waals surface area (Å²) in [4.78, 5) is 11.4. The molecule has 0 spiro atoms. The summed E-state index contributed by atoms with van der Waals surface area (Å²) in [5, 5.41) is 17.3. The Hall–Kier alpha value is -2.31. The number of fused-ring (bicyclic) bond motifs is 2. The van der Waals surface area contributed by atoms with Crippen molar-refractivity contribution >= 4 is 17.0 Å². The van der Waals surface area contributed by atoms with E-state index in [1.807, 2.05) is 13.8 Å². The molecular weight excluding hydrogens is 250 g/mol. The van der Waals surface area contributed by atoms with E-state index in [0.29, 0.717) is 22.5 Å². The Labute approximate surface area is 108 Å². The second-order valence-electron chi connectivity index (χ2n) is 4.76. The number of aliphatic carboxylic acids is 1. The molecule has 0 saturated heterocycles. The first-order chi connectivity index (χ1) is 9.08. The van der Waals surface area contributed by atoms with Crippen molar-refractivity contribution in [3.63, 3.8) is 0 Å². The monoisotopic (exact) mass is 263 g/mol. The quantitative estimate of drug-likeness (QED) is 0.901. The fraction of sp³-hybridized carbons (Fsp3) is 0.417. The fourth-order valence-corrected chi connectivity index (χ4v) is 2.21. The zero-order valence-electron chi connectivity index (χ0n) is 10.5. The van der Waals surface area contributed by atoms with Gasteiger partial charge in [0, 0.05) is 12.1 Å². The van der Waals surface area contributed by atoms with Gasteiger partial charge in [0.25, 0.3) is 0 Å². The summed E-state index contributed by atoms with van der Waals surface area (Å²) < 4.78 is 12.0. The van der Waals surface area contributed by atoms with Crippen molar-refractivity contribution in [3.8, 4) is 11.5 Å². The lowest BCUT2D eigenvalue weighted by Gasteiger charge is -2.16. The van der Waals surface area contributed by atoms with Crippen LogP contribution < -0.4 is 9.47 Å². The number of carboxylic acids is 1. The van der Waals surface area contributed by atoms with Gasteiger partial charge in [0.05, 0.1) is 5.52 Å². The third-order valence-electron chi connectivity index (χ3n) is 3.11. The number of hydrogen-bond donors (Lipinski definition) is 1. The molecule has 0 bridgehead atoms. The number of carbonyl (C=O) groups is 1. The van der Waals surface area contributed by atoms with Crippen LogP contribution in [0.15, 0.2) is 12.1 Å². The van der Waals surface area contributed by atoms with E-state index < -0.39 is 12.0 Å². The standard InChI is InChI=1S/C12H13N3O4/c1-6(2)11(12(16)17)15-8-4-10-9(18-5-19-10)3-7(8)13-14-15/h3-4,6,11H,5H2,1-2H3,(H,16,17). The molecule has 100 valence electrons. The van der Waals surface area contributed by atoms with Gasteiger partial charge in [0.15, 0.2) is 17.5 Å². The molecule has 1 aromatic heterocycles. The Morgan fingerprint density at radius 1 is 1.37 bits per heavy atom. The van der Waals surface area contributed by atoms with Crippen molar-refractivity contribution in [2.24, 2.45) is 5.92 Å². The van der Waals surface area contributed by atoms with Gasteiger partial charge in [-0.3, -0.25) is 0 Å². The maximum absolute atomic E-state index is 11.4. The van der Waals surface area contributed by atoms with Gasteiger partial charge >= 0.3 is 5.97 Å². The molecule has 1 aliphatic rings. The topological polar surface area (TPSA) is 86.5 Å². The number of aromatic nitrogens is 3. The van der Waals surface area contributed by atoms with Crippen LogP contribution in [0.1, 0.15) is 19.9 Å². The largest absolute Gasteiger partial charge is 0.480 e. The lowest BCUT2D eigenvalue weighted by atomic mass is 10.0. The van der Waals surface area contributed by atoms with Crippen LogP contribution in [0.5, 0.6) is 11.5 Å². The van der Waals surface area contributed by atoms with E-state index in [1.54, 1.807) is 12.1 Å². The maximum Gasteiger partial charge on any atom is 0.328 e. The lowest BCUT2D eigenvalue weighted by molar-refractivity contribution is -0.142. The van der Waals surface area contributed by atoms with Crippen LogP contribution in [0, 0.1) is 5.92 Å². The van der Waals surface area contributed by atoms with Crippen molar-refractivity contribution < 1.29 is 19.4 Å². The molecule has 0 fully saturated rings. The van der Waals surface area contributed by atoms with Gasteiger partial charge in [-0.15, -0.1) is 5.10 Å². The van der Waals surface area contributed by atoms with Crippen LogP contribution in [0.2, 0.25) is 0 Å². The molecule has 0 aliphatic carbocycles. The zero-order chi connectivity index (χ0) is 13.6. The Morgan fingerprint density at radius 2 is 2.05 bits per heavy atom. The minimum atomic E-state index is -0.931. The number of hydrogen-bond acceptors (Lipinski definition) is 5. The molecule has 1 aliphatic heterocycles. The van der Waals surface area contributed by atoms with Crippen molar-refractivity contribution in [1.29, 1.82) is 0 Å². The van der Waals surface area contributed by atoms with Gasteiger partial charge in [-0.1, -0.05) is 19.1 Å². The molecule has 1 unspecified atom stereocenters. The Kier molecular flexibility index (Phi) is 2.55. The van der Waals surface area contributed by atoms with E-state index in [1.165, 1.54) is 4.68 Å². The molecule has 1 aromatic carbocycles. The SMILES string of the molecule is CC(C)C(C(=O)O)n1nnc2cc3c(cc21)OCO3. The highest BCUT2D eigenvalue weighted by Crippen LogP contribution is 2.36. The minimum absolute atomic E-state index is 0.104. The first-order valence-electron chi connectivity index (χ1n) is 5.95. The van der Waals surface area contributed by atoms with Gasteiger partial charge in [0.1, 0.15) is 5.52 Å².